The molecule has 5 atom stereocenters. The molecule has 4 bridgehead atoms. The molecule has 0 spiro atoms. The highest BCUT2D eigenvalue weighted by molar-refractivity contribution is 7.07. The number of carbonyl (C=O) groups excluding carboxylic acids is 1. The summed E-state index contributed by atoms with van der Waals surface area (Å²) in [6.45, 7) is 12.0. The molecule has 5 rings (SSSR count). The third kappa shape index (κ3) is 3.38. The van der Waals surface area contributed by atoms with Crippen molar-refractivity contribution < 1.29 is 4.79 Å². The topological polar surface area (TPSA) is 44.7 Å². The van der Waals surface area contributed by atoms with E-state index in [1.54, 1.807) is 11.3 Å². The van der Waals surface area contributed by atoms with Crippen molar-refractivity contribution in [2.45, 2.75) is 58.7 Å². The number of nitrogens with zero attached hydrogens (tertiary/aromatic N) is 2. The van der Waals surface area contributed by atoms with E-state index in [0.717, 1.165) is 25.9 Å². The second-order valence-corrected chi connectivity index (χ2v) is 10.4. The molecule has 1 saturated heterocycles. The predicted molar refractivity (Wildman–Crippen MR) is 112 cm³/mol. The zero-order chi connectivity index (χ0) is 19.2. The van der Waals surface area contributed by atoms with Crippen LogP contribution >= 0.6 is 11.3 Å². The van der Waals surface area contributed by atoms with E-state index in [2.05, 4.69) is 61.0 Å². The van der Waals surface area contributed by atoms with Crippen LogP contribution < -0.4 is 5.32 Å². The first-order chi connectivity index (χ1) is 12.9. The summed E-state index contributed by atoms with van der Waals surface area (Å²) in [5, 5.41) is 7.41. The summed E-state index contributed by atoms with van der Waals surface area (Å²) in [5.41, 5.74) is 0.624. The van der Waals surface area contributed by atoms with Gasteiger partial charge in [0, 0.05) is 43.7 Å². The van der Waals surface area contributed by atoms with Gasteiger partial charge in [0.2, 0.25) is 5.91 Å². The molecule has 1 N–H and O–H groups in total. The average molecular weight is 388 g/mol. The Kier molecular flexibility index (Phi) is 5.19. The van der Waals surface area contributed by atoms with Gasteiger partial charge in [0.25, 0.3) is 0 Å². The minimum atomic E-state index is -0.559. The van der Waals surface area contributed by atoms with Crippen molar-refractivity contribution in [1.82, 2.24) is 10.2 Å². The van der Waals surface area contributed by atoms with Gasteiger partial charge in [-0.2, -0.15) is 11.3 Å². The Morgan fingerprint density at radius 1 is 1.37 bits per heavy atom. The van der Waals surface area contributed by atoms with Gasteiger partial charge < -0.3 is 5.32 Å². The molecule has 3 aliphatic heterocycles. The van der Waals surface area contributed by atoms with Gasteiger partial charge in [-0.3, -0.25) is 14.7 Å². The van der Waals surface area contributed by atoms with Crippen LogP contribution in [0.25, 0.3) is 0 Å². The van der Waals surface area contributed by atoms with Gasteiger partial charge in [0.05, 0.1) is 0 Å². The molecule has 1 aliphatic carbocycles. The van der Waals surface area contributed by atoms with Crippen LogP contribution in [-0.2, 0) is 11.3 Å². The van der Waals surface area contributed by atoms with E-state index >= 15 is 0 Å². The summed E-state index contributed by atoms with van der Waals surface area (Å²) in [6.07, 6.45) is 4.15. The van der Waals surface area contributed by atoms with Crippen molar-refractivity contribution in [2.75, 3.05) is 13.1 Å². The summed E-state index contributed by atoms with van der Waals surface area (Å²) < 4.78 is 0. The summed E-state index contributed by atoms with van der Waals surface area (Å²) in [4.78, 5) is 21.1. The fourth-order valence-electron chi connectivity index (χ4n) is 5.76. The molecule has 1 aromatic rings. The summed E-state index contributed by atoms with van der Waals surface area (Å²) in [5.74, 6) is 2.83. The lowest BCUT2D eigenvalue weighted by molar-refractivity contribution is -0.132. The standard InChI is InChI=1S/C22H33N3OS/c1-14(2)7-19-20-18-10-24-22(19,8-17(18)12-25(20)11-15(3)4)21(26)23-9-16-5-6-27-13-16/h5-6,10,13-15,17-20H,7-9,11-12H2,1-4H3,(H,23,26)/t17-,18-,19-,20+,22+/m1/s1. The highest BCUT2D eigenvalue weighted by atomic mass is 32.1. The molecular formula is C22H33N3OS. The zero-order valence-corrected chi connectivity index (χ0v) is 17.8. The first-order valence-corrected chi connectivity index (χ1v) is 11.4. The SMILES string of the molecule is CC(C)C[C@@H]1[C@@H]2[C@@H]3C=N[C@@]1(C(=O)NCc1ccsc1)C[C@@H]3CN2CC(C)C. The first kappa shape index (κ1) is 19.1. The monoisotopic (exact) mass is 387 g/mol. The third-order valence-corrected chi connectivity index (χ3v) is 7.39. The number of amides is 1. The van der Waals surface area contributed by atoms with E-state index in [-0.39, 0.29) is 5.91 Å². The lowest BCUT2D eigenvalue weighted by Crippen LogP contribution is -2.63. The first-order valence-electron chi connectivity index (χ1n) is 10.5. The van der Waals surface area contributed by atoms with E-state index in [1.807, 2.05) is 0 Å². The number of likely N-dealkylation sites (tertiary alicyclic amines) is 1. The van der Waals surface area contributed by atoms with Gasteiger partial charge in [0.15, 0.2) is 0 Å². The van der Waals surface area contributed by atoms with E-state index in [9.17, 15) is 4.79 Å². The number of thiophene rings is 1. The molecule has 1 aromatic heterocycles. The van der Waals surface area contributed by atoms with Crippen molar-refractivity contribution in [1.29, 1.82) is 0 Å². The van der Waals surface area contributed by atoms with E-state index in [4.69, 9.17) is 4.99 Å². The lowest BCUT2D eigenvalue weighted by Gasteiger charge is -2.51. The molecular weight excluding hydrogens is 354 g/mol. The molecule has 27 heavy (non-hydrogen) atoms. The van der Waals surface area contributed by atoms with Crippen LogP contribution in [0.3, 0.4) is 0 Å². The fraction of sp³-hybridized carbons (Fsp3) is 0.727. The van der Waals surface area contributed by atoms with Gasteiger partial charge >= 0.3 is 0 Å². The molecule has 4 nitrogen and oxygen atoms in total. The maximum absolute atomic E-state index is 13.5. The Hall–Kier alpha value is -1.20. The molecule has 4 heterocycles. The number of rotatable bonds is 7. The van der Waals surface area contributed by atoms with Gasteiger partial charge in [-0.05, 0) is 53.0 Å². The molecule has 0 radical (unpaired) electrons. The smallest absolute Gasteiger partial charge is 0.248 e. The molecule has 0 aromatic carbocycles. The Labute approximate surface area is 167 Å². The lowest BCUT2D eigenvalue weighted by atomic mass is 9.59. The summed E-state index contributed by atoms with van der Waals surface area (Å²) >= 11 is 1.68. The molecule has 0 unspecified atom stereocenters. The molecule has 4 aliphatic rings. The maximum Gasteiger partial charge on any atom is 0.248 e. The number of hydrogen-bond donors (Lipinski definition) is 1. The van der Waals surface area contributed by atoms with Crippen molar-refractivity contribution in [3.05, 3.63) is 22.4 Å². The van der Waals surface area contributed by atoms with Crippen LogP contribution in [0.15, 0.2) is 21.8 Å². The third-order valence-electron chi connectivity index (χ3n) is 6.66. The normalized spacial score (nSPS) is 34.7. The second-order valence-electron chi connectivity index (χ2n) is 9.63. The summed E-state index contributed by atoms with van der Waals surface area (Å²) in [6, 6.07) is 2.57. The highest BCUT2D eigenvalue weighted by Crippen LogP contribution is 2.54. The van der Waals surface area contributed by atoms with Gasteiger partial charge in [-0.25, -0.2) is 0 Å². The van der Waals surface area contributed by atoms with Crippen molar-refractivity contribution >= 4 is 23.5 Å². The average Bonchev–Trinajstić information content (AvgIpc) is 3.22. The van der Waals surface area contributed by atoms with Gasteiger partial charge in [0.1, 0.15) is 5.54 Å². The summed E-state index contributed by atoms with van der Waals surface area (Å²) in [7, 11) is 0. The van der Waals surface area contributed by atoms with E-state index in [1.165, 1.54) is 5.56 Å². The number of carbonyl (C=O) groups is 1. The Balaban J connectivity index is 1.61. The quantitative estimate of drug-likeness (QED) is 0.773. The highest BCUT2D eigenvalue weighted by Gasteiger charge is 2.63. The largest absolute Gasteiger partial charge is 0.350 e. The van der Waals surface area contributed by atoms with E-state index in [0.29, 0.717) is 42.2 Å². The number of nitrogens with one attached hydrogen (secondary N) is 1. The van der Waals surface area contributed by atoms with Gasteiger partial charge in [-0.1, -0.05) is 27.7 Å². The van der Waals surface area contributed by atoms with E-state index < -0.39 is 5.54 Å². The maximum atomic E-state index is 13.5. The molecule has 148 valence electrons. The minimum Gasteiger partial charge on any atom is -0.350 e. The molecule has 1 amide bonds. The zero-order valence-electron chi connectivity index (χ0n) is 17.0. The predicted octanol–water partition coefficient (Wildman–Crippen LogP) is 3.83. The number of hydrogen-bond acceptors (Lipinski definition) is 4. The molecule has 5 heteroatoms. The van der Waals surface area contributed by atoms with Crippen molar-refractivity contribution in [3.63, 3.8) is 0 Å². The van der Waals surface area contributed by atoms with Crippen LogP contribution in [0.5, 0.6) is 0 Å². The second kappa shape index (κ2) is 7.32. The number of aliphatic imine (C=N–C) groups is 1. The Morgan fingerprint density at radius 2 is 2.19 bits per heavy atom. The van der Waals surface area contributed by atoms with Crippen LogP contribution in [-0.4, -0.2) is 41.7 Å². The Bertz CT molecular complexity index is 698. The van der Waals surface area contributed by atoms with Crippen LogP contribution in [0, 0.1) is 29.6 Å². The van der Waals surface area contributed by atoms with Crippen molar-refractivity contribution in [3.8, 4) is 0 Å². The molecule has 2 fully saturated rings. The Morgan fingerprint density at radius 3 is 2.85 bits per heavy atom. The van der Waals surface area contributed by atoms with Crippen molar-refractivity contribution in [2.24, 2.45) is 34.6 Å². The fourth-order valence-corrected chi connectivity index (χ4v) is 6.43. The van der Waals surface area contributed by atoms with Gasteiger partial charge in [-0.15, -0.1) is 0 Å². The van der Waals surface area contributed by atoms with Crippen LogP contribution in [0.1, 0.15) is 46.1 Å². The van der Waals surface area contributed by atoms with Crippen LogP contribution in [0.2, 0.25) is 0 Å². The molecule has 1 saturated carbocycles. The minimum absolute atomic E-state index is 0.148. The van der Waals surface area contributed by atoms with Crippen LogP contribution in [0.4, 0.5) is 0 Å².